The molecule has 0 aromatic heterocycles. The van der Waals surface area contributed by atoms with Gasteiger partial charge in [0.2, 0.25) is 5.91 Å². The summed E-state index contributed by atoms with van der Waals surface area (Å²) in [6.07, 6.45) is 1.26. The van der Waals surface area contributed by atoms with Crippen molar-refractivity contribution in [2.75, 3.05) is 23.8 Å². The number of hydrogen-bond acceptors (Lipinski definition) is 8. The highest BCUT2D eigenvalue weighted by Gasteiger charge is 2.12. The lowest BCUT2D eigenvalue weighted by molar-refractivity contribution is -0.384. The van der Waals surface area contributed by atoms with E-state index in [1.165, 1.54) is 48.5 Å². The highest BCUT2D eigenvalue weighted by atomic mass is 16.6. The molecular formula is C23H25N3O8. The minimum absolute atomic E-state index is 0.110. The fraction of sp³-hybridized carbons (Fsp3) is 0.304. The van der Waals surface area contributed by atoms with E-state index in [1.54, 1.807) is 0 Å². The Morgan fingerprint density at radius 1 is 0.853 bits per heavy atom. The first-order valence-electron chi connectivity index (χ1n) is 10.6. The third kappa shape index (κ3) is 9.07. The van der Waals surface area contributed by atoms with E-state index in [2.05, 4.69) is 10.6 Å². The van der Waals surface area contributed by atoms with E-state index in [4.69, 9.17) is 9.47 Å². The summed E-state index contributed by atoms with van der Waals surface area (Å²) in [6.45, 7) is 1.80. The summed E-state index contributed by atoms with van der Waals surface area (Å²) < 4.78 is 9.96. The standard InChI is InChI=1S/C23H25N3O8/c1-2-3-14-33-23(30)16-4-6-17(7-5-16)25-21(28)15-34-22(29)13-12-20(27)24-18-8-10-19(11-9-18)26(31)32/h4-11H,2-3,12-15H2,1H3,(H,24,27)(H,25,28). The maximum Gasteiger partial charge on any atom is 0.338 e. The molecule has 2 aromatic carbocycles. The fourth-order valence-corrected chi connectivity index (χ4v) is 2.60. The zero-order chi connectivity index (χ0) is 24.9. The summed E-state index contributed by atoms with van der Waals surface area (Å²) in [5, 5.41) is 15.7. The molecule has 0 radical (unpaired) electrons. The second kappa shape index (κ2) is 13.3. The van der Waals surface area contributed by atoms with Crippen molar-refractivity contribution in [2.24, 2.45) is 0 Å². The van der Waals surface area contributed by atoms with Crippen LogP contribution in [0.2, 0.25) is 0 Å². The van der Waals surface area contributed by atoms with Crippen LogP contribution in [0.3, 0.4) is 0 Å². The number of nitrogens with zero attached hydrogens (tertiary/aromatic N) is 1. The number of unbranched alkanes of at least 4 members (excludes halogenated alkanes) is 1. The molecule has 0 aliphatic carbocycles. The maximum atomic E-state index is 12.0. The van der Waals surface area contributed by atoms with Crippen LogP contribution in [0, 0.1) is 10.1 Å². The van der Waals surface area contributed by atoms with Crippen molar-refractivity contribution in [2.45, 2.75) is 32.6 Å². The van der Waals surface area contributed by atoms with Gasteiger partial charge in [0, 0.05) is 29.9 Å². The van der Waals surface area contributed by atoms with Crippen LogP contribution in [0.1, 0.15) is 43.0 Å². The van der Waals surface area contributed by atoms with Crippen molar-refractivity contribution >= 4 is 40.8 Å². The monoisotopic (exact) mass is 471 g/mol. The molecule has 2 rings (SSSR count). The first kappa shape index (κ1) is 26.0. The molecule has 2 aromatic rings. The number of rotatable bonds is 12. The molecule has 0 spiro atoms. The van der Waals surface area contributed by atoms with Gasteiger partial charge in [0.1, 0.15) is 0 Å². The van der Waals surface area contributed by atoms with Crippen LogP contribution in [0.5, 0.6) is 0 Å². The molecule has 11 nitrogen and oxygen atoms in total. The average molecular weight is 471 g/mol. The predicted octanol–water partition coefficient (Wildman–Crippen LogP) is 3.45. The molecule has 2 N–H and O–H groups in total. The molecule has 0 aliphatic rings. The van der Waals surface area contributed by atoms with Gasteiger partial charge in [-0.3, -0.25) is 24.5 Å². The molecule has 0 bridgehead atoms. The number of nitro benzene ring substituents is 1. The van der Waals surface area contributed by atoms with Crippen LogP contribution < -0.4 is 10.6 Å². The SMILES string of the molecule is CCCCOC(=O)c1ccc(NC(=O)COC(=O)CCC(=O)Nc2ccc([N+](=O)[O-])cc2)cc1. The number of nitro groups is 1. The number of nitrogens with one attached hydrogen (secondary N) is 2. The maximum absolute atomic E-state index is 12.0. The summed E-state index contributed by atoms with van der Waals surface area (Å²) in [5.74, 6) is -2.25. The van der Waals surface area contributed by atoms with Crippen molar-refractivity contribution in [3.8, 4) is 0 Å². The van der Waals surface area contributed by atoms with E-state index in [9.17, 15) is 29.3 Å². The van der Waals surface area contributed by atoms with Gasteiger partial charge in [-0.2, -0.15) is 0 Å². The molecular weight excluding hydrogens is 446 g/mol. The Bertz CT molecular complexity index is 1020. The quantitative estimate of drug-likeness (QED) is 0.206. The Hall–Kier alpha value is -4.28. The van der Waals surface area contributed by atoms with Crippen molar-refractivity contribution in [1.82, 2.24) is 0 Å². The summed E-state index contributed by atoms with van der Waals surface area (Å²) >= 11 is 0. The van der Waals surface area contributed by atoms with Crippen molar-refractivity contribution < 1.29 is 33.6 Å². The summed E-state index contributed by atoms with van der Waals surface area (Å²) in [6, 6.07) is 11.3. The number of esters is 2. The second-order valence-electron chi connectivity index (χ2n) is 7.13. The zero-order valence-corrected chi connectivity index (χ0v) is 18.6. The smallest absolute Gasteiger partial charge is 0.338 e. The number of hydrogen-bond donors (Lipinski definition) is 2. The van der Waals surface area contributed by atoms with Crippen LogP contribution in [-0.4, -0.2) is 41.9 Å². The van der Waals surface area contributed by atoms with E-state index in [0.717, 1.165) is 12.8 Å². The van der Waals surface area contributed by atoms with Crippen LogP contribution in [0.25, 0.3) is 0 Å². The lowest BCUT2D eigenvalue weighted by Gasteiger charge is -2.08. The molecule has 180 valence electrons. The molecule has 0 atom stereocenters. The first-order valence-corrected chi connectivity index (χ1v) is 10.6. The normalized spacial score (nSPS) is 10.1. The Morgan fingerprint density at radius 3 is 2.03 bits per heavy atom. The Kier molecular flexibility index (Phi) is 10.2. The summed E-state index contributed by atoms with van der Waals surface area (Å²) in [5.41, 5.74) is 1.01. The first-order chi connectivity index (χ1) is 16.3. The van der Waals surface area contributed by atoms with Gasteiger partial charge in [-0.25, -0.2) is 4.79 Å². The molecule has 11 heteroatoms. The third-order valence-corrected chi connectivity index (χ3v) is 4.42. The van der Waals surface area contributed by atoms with Gasteiger partial charge in [0.05, 0.1) is 23.5 Å². The summed E-state index contributed by atoms with van der Waals surface area (Å²) in [7, 11) is 0. The molecule has 34 heavy (non-hydrogen) atoms. The van der Waals surface area contributed by atoms with Gasteiger partial charge >= 0.3 is 11.9 Å². The van der Waals surface area contributed by atoms with Crippen molar-refractivity contribution in [3.63, 3.8) is 0 Å². The van der Waals surface area contributed by atoms with E-state index in [0.29, 0.717) is 23.5 Å². The Balaban J connectivity index is 1.68. The number of carbonyl (C=O) groups excluding carboxylic acids is 4. The van der Waals surface area contributed by atoms with Gasteiger partial charge < -0.3 is 20.1 Å². The number of non-ortho nitro benzene ring substituents is 1. The fourth-order valence-electron chi connectivity index (χ4n) is 2.60. The van der Waals surface area contributed by atoms with Crippen LogP contribution in [-0.2, 0) is 23.9 Å². The molecule has 0 fully saturated rings. The Morgan fingerprint density at radius 2 is 1.44 bits per heavy atom. The molecule has 0 saturated carbocycles. The van der Waals surface area contributed by atoms with Gasteiger partial charge in [0.25, 0.3) is 11.6 Å². The lowest BCUT2D eigenvalue weighted by Crippen LogP contribution is -2.21. The van der Waals surface area contributed by atoms with Crippen LogP contribution in [0.4, 0.5) is 17.1 Å². The highest BCUT2D eigenvalue weighted by molar-refractivity contribution is 5.95. The zero-order valence-electron chi connectivity index (χ0n) is 18.6. The third-order valence-electron chi connectivity index (χ3n) is 4.42. The number of benzene rings is 2. The average Bonchev–Trinajstić information content (AvgIpc) is 2.82. The van der Waals surface area contributed by atoms with E-state index >= 15 is 0 Å². The lowest BCUT2D eigenvalue weighted by atomic mass is 10.2. The predicted molar refractivity (Wildman–Crippen MR) is 122 cm³/mol. The molecule has 0 unspecified atom stereocenters. The minimum Gasteiger partial charge on any atom is -0.462 e. The van der Waals surface area contributed by atoms with Gasteiger partial charge in [0.15, 0.2) is 6.61 Å². The van der Waals surface area contributed by atoms with E-state index in [1.807, 2.05) is 6.92 Å². The highest BCUT2D eigenvalue weighted by Crippen LogP contribution is 2.16. The molecule has 0 saturated heterocycles. The number of amides is 2. The van der Waals surface area contributed by atoms with Gasteiger partial charge in [-0.05, 0) is 42.8 Å². The van der Waals surface area contributed by atoms with Gasteiger partial charge in [-0.1, -0.05) is 13.3 Å². The number of ether oxygens (including phenoxy) is 2. The second-order valence-corrected chi connectivity index (χ2v) is 7.13. The van der Waals surface area contributed by atoms with Crippen molar-refractivity contribution in [1.29, 1.82) is 0 Å². The van der Waals surface area contributed by atoms with E-state index < -0.39 is 35.3 Å². The largest absolute Gasteiger partial charge is 0.462 e. The van der Waals surface area contributed by atoms with Crippen molar-refractivity contribution in [3.05, 3.63) is 64.2 Å². The topological polar surface area (TPSA) is 154 Å². The number of anilines is 2. The van der Waals surface area contributed by atoms with Gasteiger partial charge in [-0.15, -0.1) is 0 Å². The van der Waals surface area contributed by atoms with Crippen LogP contribution in [0.15, 0.2) is 48.5 Å². The minimum atomic E-state index is -0.737. The van der Waals surface area contributed by atoms with E-state index in [-0.39, 0.29) is 18.5 Å². The van der Waals surface area contributed by atoms with Crippen LogP contribution >= 0.6 is 0 Å². The summed E-state index contributed by atoms with van der Waals surface area (Å²) in [4.78, 5) is 57.6. The molecule has 0 aliphatic heterocycles. The molecule has 2 amide bonds. The molecule has 0 heterocycles. The number of carbonyl (C=O) groups is 4. The Labute approximate surface area is 195 Å².